The Morgan fingerprint density at radius 3 is 2.28 bits per heavy atom. The second-order valence-electron chi connectivity index (χ2n) is 4.69. The zero-order valence-corrected chi connectivity index (χ0v) is 14.4. The third-order valence-corrected chi connectivity index (χ3v) is 4.84. The first-order valence-corrected chi connectivity index (χ1v) is 8.01. The normalized spacial score (nSPS) is 17.1. The smallest absolute Gasteiger partial charge is 0.226 e. The second kappa shape index (κ2) is 5.61. The first kappa shape index (κ1) is 14.5. The molecular weight excluding hydrogens is 428 g/mol. The summed E-state index contributed by atoms with van der Waals surface area (Å²) in [4.78, 5) is 12.0. The van der Waals surface area contributed by atoms with E-state index >= 15 is 0 Å². The first-order chi connectivity index (χ1) is 8.39. The van der Waals surface area contributed by atoms with Gasteiger partial charge in [0.2, 0.25) is 5.91 Å². The van der Waals surface area contributed by atoms with Gasteiger partial charge in [0.15, 0.2) is 0 Å². The molecule has 1 saturated carbocycles. The van der Waals surface area contributed by atoms with Crippen molar-refractivity contribution in [2.24, 2.45) is 5.73 Å². The Labute approximate surface area is 131 Å². The number of anilines is 1. The number of rotatable bonds is 3. The lowest BCUT2D eigenvalue weighted by Gasteiger charge is -2.37. The van der Waals surface area contributed by atoms with E-state index in [0.29, 0.717) is 6.42 Å². The van der Waals surface area contributed by atoms with Crippen LogP contribution in [0, 0.1) is 0 Å². The Morgan fingerprint density at radius 1 is 1.28 bits per heavy atom. The van der Waals surface area contributed by atoms with E-state index in [-0.39, 0.29) is 11.4 Å². The average Bonchev–Trinajstić information content (AvgIpc) is 2.21. The van der Waals surface area contributed by atoms with Crippen LogP contribution in [0.15, 0.2) is 25.6 Å². The van der Waals surface area contributed by atoms with Gasteiger partial charge in [-0.3, -0.25) is 4.79 Å². The number of carbonyl (C=O) groups is 1. The number of benzene rings is 1. The number of hydrogen-bond donors (Lipinski definition) is 2. The second-order valence-corrected chi connectivity index (χ2v) is 7.31. The Kier molecular flexibility index (Phi) is 4.52. The lowest BCUT2D eigenvalue weighted by Crippen LogP contribution is -2.48. The van der Waals surface area contributed by atoms with Crippen LogP contribution >= 0.6 is 47.8 Å². The van der Waals surface area contributed by atoms with Crippen molar-refractivity contribution >= 4 is 59.4 Å². The van der Waals surface area contributed by atoms with Gasteiger partial charge in [0.1, 0.15) is 0 Å². The van der Waals surface area contributed by atoms with Gasteiger partial charge in [0.25, 0.3) is 0 Å². The predicted molar refractivity (Wildman–Crippen MR) is 83.6 cm³/mol. The highest BCUT2D eigenvalue weighted by Gasteiger charge is 2.34. The minimum Gasteiger partial charge on any atom is -0.325 e. The van der Waals surface area contributed by atoms with Crippen molar-refractivity contribution in [1.82, 2.24) is 0 Å². The zero-order valence-electron chi connectivity index (χ0n) is 9.60. The highest BCUT2D eigenvalue weighted by atomic mass is 79.9. The van der Waals surface area contributed by atoms with Crippen LogP contribution in [0.5, 0.6) is 0 Å². The van der Waals surface area contributed by atoms with Crippen LogP contribution in [0.1, 0.15) is 25.7 Å². The van der Waals surface area contributed by atoms with Crippen LogP contribution in [-0.4, -0.2) is 11.4 Å². The maximum Gasteiger partial charge on any atom is 0.226 e. The number of nitrogens with two attached hydrogens (primary N) is 1. The number of nitrogens with one attached hydrogen (secondary N) is 1. The summed E-state index contributed by atoms with van der Waals surface area (Å²) in [6.07, 6.45) is 3.36. The summed E-state index contributed by atoms with van der Waals surface area (Å²) in [5.41, 5.74) is 6.51. The average molecular weight is 441 g/mol. The third-order valence-electron chi connectivity index (χ3n) is 3.13. The molecule has 0 saturated heterocycles. The van der Waals surface area contributed by atoms with Gasteiger partial charge in [-0.1, -0.05) is 15.9 Å². The van der Waals surface area contributed by atoms with E-state index in [1.165, 1.54) is 0 Å². The fourth-order valence-electron chi connectivity index (χ4n) is 1.97. The summed E-state index contributed by atoms with van der Waals surface area (Å²) < 4.78 is 2.60. The fraction of sp³-hybridized carbons (Fsp3) is 0.417. The molecule has 98 valence electrons. The number of halogens is 3. The van der Waals surface area contributed by atoms with Crippen molar-refractivity contribution in [3.8, 4) is 0 Å². The fourth-order valence-corrected chi connectivity index (χ4v) is 4.43. The summed E-state index contributed by atoms with van der Waals surface area (Å²) in [5.74, 6) is -0.0408. The lowest BCUT2D eigenvalue weighted by atomic mass is 9.75. The maximum absolute atomic E-state index is 12.0. The summed E-state index contributed by atoms with van der Waals surface area (Å²) in [6.45, 7) is 0. The van der Waals surface area contributed by atoms with Crippen molar-refractivity contribution in [3.63, 3.8) is 0 Å². The van der Waals surface area contributed by atoms with Gasteiger partial charge in [-0.05, 0) is 63.3 Å². The van der Waals surface area contributed by atoms with Gasteiger partial charge >= 0.3 is 0 Å². The Balaban J connectivity index is 2.07. The molecule has 2 rings (SSSR count). The van der Waals surface area contributed by atoms with Crippen LogP contribution in [0.3, 0.4) is 0 Å². The van der Waals surface area contributed by atoms with Crippen molar-refractivity contribution < 1.29 is 4.79 Å². The Bertz CT molecular complexity index is 463. The zero-order chi connectivity index (χ0) is 13.3. The minimum absolute atomic E-state index is 0.0408. The summed E-state index contributed by atoms with van der Waals surface area (Å²) in [6, 6.07) is 3.78. The Hall–Kier alpha value is 0.0900. The van der Waals surface area contributed by atoms with E-state index in [1.807, 2.05) is 12.1 Å². The van der Waals surface area contributed by atoms with E-state index < -0.39 is 0 Å². The van der Waals surface area contributed by atoms with Crippen LogP contribution < -0.4 is 11.1 Å². The molecule has 0 spiro atoms. The van der Waals surface area contributed by atoms with Crippen LogP contribution in [0.25, 0.3) is 0 Å². The van der Waals surface area contributed by atoms with E-state index in [1.54, 1.807) is 0 Å². The molecular formula is C12H13Br3N2O. The molecule has 0 atom stereocenters. The van der Waals surface area contributed by atoms with Crippen molar-refractivity contribution in [2.75, 3.05) is 5.32 Å². The molecule has 1 aromatic carbocycles. The molecule has 1 amide bonds. The quantitative estimate of drug-likeness (QED) is 0.740. The predicted octanol–water partition coefficient (Wildman–Crippen LogP) is 4.18. The maximum atomic E-state index is 12.0. The Morgan fingerprint density at radius 2 is 1.83 bits per heavy atom. The molecule has 0 bridgehead atoms. The lowest BCUT2D eigenvalue weighted by molar-refractivity contribution is -0.118. The van der Waals surface area contributed by atoms with Crippen LogP contribution in [0.2, 0.25) is 0 Å². The van der Waals surface area contributed by atoms with Crippen LogP contribution in [-0.2, 0) is 4.79 Å². The molecule has 1 aliphatic rings. The topological polar surface area (TPSA) is 55.1 Å². The highest BCUT2D eigenvalue weighted by Crippen LogP contribution is 2.36. The van der Waals surface area contributed by atoms with E-state index in [9.17, 15) is 4.79 Å². The molecule has 0 radical (unpaired) electrons. The number of carbonyl (C=O) groups excluding carboxylic acids is 1. The molecule has 0 unspecified atom stereocenters. The SMILES string of the molecule is NC1(CC(=O)Nc2c(Br)cc(Br)cc2Br)CCC1. The molecule has 3 nitrogen and oxygen atoms in total. The largest absolute Gasteiger partial charge is 0.325 e. The van der Waals surface area contributed by atoms with Gasteiger partial charge in [0, 0.05) is 25.4 Å². The van der Waals surface area contributed by atoms with Crippen LogP contribution in [0.4, 0.5) is 5.69 Å². The first-order valence-electron chi connectivity index (χ1n) is 5.63. The molecule has 0 aromatic heterocycles. The molecule has 1 fully saturated rings. The number of amides is 1. The number of hydrogen-bond acceptors (Lipinski definition) is 2. The minimum atomic E-state index is -0.293. The molecule has 18 heavy (non-hydrogen) atoms. The molecule has 1 aromatic rings. The molecule has 0 heterocycles. The highest BCUT2D eigenvalue weighted by molar-refractivity contribution is 9.11. The summed E-state index contributed by atoms with van der Waals surface area (Å²) in [7, 11) is 0. The summed E-state index contributed by atoms with van der Waals surface area (Å²) in [5, 5.41) is 2.90. The molecule has 6 heteroatoms. The van der Waals surface area contributed by atoms with Gasteiger partial charge in [-0.2, -0.15) is 0 Å². The van der Waals surface area contributed by atoms with E-state index in [4.69, 9.17) is 5.73 Å². The summed E-state index contributed by atoms with van der Waals surface area (Å²) >= 11 is 10.3. The molecule has 3 N–H and O–H groups in total. The van der Waals surface area contributed by atoms with Crippen molar-refractivity contribution in [1.29, 1.82) is 0 Å². The van der Waals surface area contributed by atoms with Gasteiger partial charge in [-0.15, -0.1) is 0 Å². The van der Waals surface area contributed by atoms with Crippen molar-refractivity contribution in [2.45, 2.75) is 31.2 Å². The monoisotopic (exact) mass is 438 g/mol. The van der Waals surface area contributed by atoms with Gasteiger partial charge in [-0.25, -0.2) is 0 Å². The van der Waals surface area contributed by atoms with E-state index in [0.717, 1.165) is 38.4 Å². The standard InChI is InChI=1S/C12H13Br3N2O/c13-7-4-8(14)11(9(15)5-7)17-10(18)6-12(16)2-1-3-12/h4-5H,1-3,6,16H2,(H,17,18). The van der Waals surface area contributed by atoms with Gasteiger partial charge in [0.05, 0.1) is 5.69 Å². The van der Waals surface area contributed by atoms with Crippen molar-refractivity contribution in [3.05, 3.63) is 25.6 Å². The third kappa shape index (κ3) is 3.35. The molecule has 1 aliphatic carbocycles. The van der Waals surface area contributed by atoms with Gasteiger partial charge < -0.3 is 11.1 Å². The molecule has 0 aliphatic heterocycles. The van der Waals surface area contributed by atoms with E-state index in [2.05, 4.69) is 53.1 Å².